The van der Waals surface area contributed by atoms with Crippen molar-refractivity contribution in [1.29, 1.82) is 0 Å². The Kier molecular flexibility index (Phi) is 4.19. The van der Waals surface area contributed by atoms with Crippen molar-refractivity contribution in [3.63, 3.8) is 0 Å². The molecule has 0 radical (unpaired) electrons. The van der Waals surface area contributed by atoms with Gasteiger partial charge < -0.3 is 15.0 Å². The van der Waals surface area contributed by atoms with Crippen LogP contribution in [0.25, 0.3) is 10.9 Å². The molecule has 1 saturated carbocycles. The van der Waals surface area contributed by atoms with Crippen molar-refractivity contribution in [2.24, 2.45) is 0 Å². The number of hydrogen-bond donors (Lipinski definition) is 2. The molecule has 1 aliphatic carbocycles. The van der Waals surface area contributed by atoms with Gasteiger partial charge in [0.25, 0.3) is 0 Å². The van der Waals surface area contributed by atoms with Gasteiger partial charge in [0.1, 0.15) is 5.75 Å². The van der Waals surface area contributed by atoms with Gasteiger partial charge in [0.05, 0.1) is 13.5 Å². The molecule has 134 valence electrons. The number of aromatic amines is 1. The third-order valence-corrected chi connectivity index (χ3v) is 5.43. The standard InChI is InChI=1S/C22H24N2O2/c1-15-21(18-5-3-4-6-19(18)24-15)22(11-12-22)14-23-20(25)13-16-7-9-17(26-2)10-8-16/h3-10,24H,11-14H2,1-2H3,(H,23,25). The molecule has 2 N–H and O–H groups in total. The van der Waals surface area contributed by atoms with Crippen molar-refractivity contribution in [3.05, 3.63) is 65.4 Å². The van der Waals surface area contributed by atoms with Crippen LogP contribution in [0.1, 0.15) is 29.7 Å². The van der Waals surface area contributed by atoms with Crippen LogP contribution >= 0.6 is 0 Å². The number of carbonyl (C=O) groups is 1. The summed E-state index contributed by atoms with van der Waals surface area (Å²) < 4.78 is 5.16. The van der Waals surface area contributed by atoms with Gasteiger partial charge in [-0.2, -0.15) is 0 Å². The first-order valence-electron chi connectivity index (χ1n) is 9.09. The van der Waals surface area contributed by atoms with Crippen LogP contribution in [0.4, 0.5) is 0 Å². The topological polar surface area (TPSA) is 54.1 Å². The molecule has 4 nitrogen and oxygen atoms in total. The maximum atomic E-state index is 12.4. The minimum atomic E-state index is 0.0685. The van der Waals surface area contributed by atoms with Gasteiger partial charge in [0.2, 0.25) is 5.91 Å². The van der Waals surface area contributed by atoms with Crippen LogP contribution in [0.15, 0.2) is 48.5 Å². The molecule has 0 bridgehead atoms. The number of rotatable bonds is 6. The van der Waals surface area contributed by atoms with E-state index in [0.717, 1.165) is 24.2 Å². The molecule has 26 heavy (non-hydrogen) atoms. The van der Waals surface area contributed by atoms with Gasteiger partial charge in [-0.05, 0) is 49.1 Å². The Bertz CT molecular complexity index is 936. The lowest BCUT2D eigenvalue weighted by Crippen LogP contribution is -2.33. The molecule has 1 aromatic heterocycles. The van der Waals surface area contributed by atoms with E-state index < -0.39 is 0 Å². The number of aryl methyl sites for hydroxylation is 1. The summed E-state index contributed by atoms with van der Waals surface area (Å²) in [6, 6.07) is 16.1. The fourth-order valence-corrected chi connectivity index (χ4v) is 3.89. The van der Waals surface area contributed by atoms with E-state index in [2.05, 4.69) is 41.5 Å². The fraction of sp³-hybridized carbons (Fsp3) is 0.318. The van der Waals surface area contributed by atoms with E-state index in [9.17, 15) is 4.79 Å². The van der Waals surface area contributed by atoms with Crippen LogP contribution in [0.3, 0.4) is 0 Å². The van der Waals surface area contributed by atoms with Gasteiger partial charge in [-0.3, -0.25) is 4.79 Å². The maximum Gasteiger partial charge on any atom is 0.224 e. The van der Waals surface area contributed by atoms with Gasteiger partial charge in [-0.15, -0.1) is 0 Å². The van der Waals surface area contributed by atoms with Gasteiger partial charge in [0.15, 0.2) is 0 Å². The van der Waals surface area contributed by atoms with Crippen LogP contribution in [0.5, 0.6) is 5.75 Å². The number of hydrogen-bond acceptors (Lipinski definition) is 2. The molecule has 0 aliphatic heterocycles. The average molecular weight is 348 g/mol. The second-order valence-electron chi connectivity index (χ2n) is 7.25. The van der Waals surface area contributed by atoms with E-state index in [0.29, 0.717) is 13.0 Å². The van der Waals surface area contributed by atoms with E-state index in [4.69, 9.17) is 4.74 Å². The maximum absolute atomic E-state index is 12.4. The predicted molar refractivity (Wildman–Crippen MR) is 104 cm³/mol. The number of H-pyrrole nitrogens is 1. The molecule has 2 aromatic carbocycles. The molecular weight excluding hydrogens is 324 g/mol. The number of benzene rings is 2. The Hall–Kier alpha value is -2.75. The van der Waals surface area contributed by atoms with E-state index in [1.54, 1.807) is 7.11 Å². The summed E-state index contributed by atoms with van der Waals surface area (Å²) in [7, 11) is 1.64. The van der Waals surface area contributed by atoms with Gasteiger partial charge in [0, 0.05) is 28.6 Å². The molecule has 1 aliphatic rings. The minimum Gasteiger partial charge on any atom is -0.497 e. The predicted octanol–water partition coefficient (Wildman–Crippen LogP) is 3.88. The monoisotopic (exact) mass is 348 g/mol. The number of para-hydroxylation sites is 1. The van der Waals surface area contributed by atoms with Crippen molar-refractivity contribution < 1.29 is 9.53 Å². The third-order valence-electron chi connectivity index (χ3n) is 5.43. The lowest BCUT2D eigenvalue weighted by atomic mass is 9.93. The minimum absolute atomic E-state index is 0.0685. The average Bonchev–Trinajstić information content (AvgIpc) is 3.35. The first kappa shape index (κ1) is 16.7. The largest absolute Gasteiger partial charge is 0.497 e. The summed E-state index contributed by atoms with van der Waals surface area (Å²) in [5.41, 5.74) is 4.84. The van der Waals surface area contributed by atoms with Gasteiger partial charge >= 0.3 is 0 Å². The molecule has 1 heterocycles. The number of amides is 1. The summed E-state index contributed by atoms with van der Waals surface area (Å²) in [5.74, 6) is 0.875. The smallest absolute Gasteiger partial charge is 0.224 e. The van der Waals surface area contributed by atoms with Crippen LogP contribution in [-0.4, -0.2) is 24.5 Å². The third kappa shape index (κ3) is 3.07. The zero-order chi connectivity index (χ0) is 18.1. The summed E-state index contributed by atoms with van der Waals surface area (Å²) in [4.78, 5) is 15.9. The van der Waals surface area contributed by atoms with Crippen molar-refractivity contribution in [1.82, 2.24) is 10.3 Å². The highest BCUT2D eigenvalue weighted by atomic mass is 16.5. The highest BCUT2D eigenvalue weighted by molar-refractivity contribution is 5.86. The molecule has 1 fully saturated rings. The highest BCUT2D eigenvalue weighted by Gasteiger charge is 2.46. The molecule has 4 rings (SSSR count). The summed E-state index contributed by atoms with van der Waals surface area (Å²) >= 11 is 0. The first-order chi connectivity index (χ1) is 12.6. The molecule has 3 aromatic rings. The van der Waals surface area contributed by atoms with E-state index in [-0.39, 0.29) is 11.3 Å². The lowest BCUT2D eigenvalue weighted by Gasteiger charge is -2.17. The SMILES string of the molecule is COc1ccc(CC(=O)NCC2(c3c(C)[nH]c4ccccc34)CC2)cc1. The quantitative estimate of drug-likeness (QED) is 0.710. The Morgan fingerprint density at radius 3 is 2.58 bits per heavy atom. The Balaban J connectivity index is 1.45. The van der Waals surface area contributed by atoms with E-state index >= 15 is 0 Å². The number of aromatic nitrogens is 1. The Morgan fingerprint density at radius 2 is 1.88 bits per heavy atom. The summed E-state index contributed by atoms with van der Waals surface area (Å²) in [5, 5.41) is 4.44. The van der Waals surface area contributed by atoms with Crippen LogP contribution < -0.4 is 10.1 Å². The first-order valence-corrected chi connectivity index (χ1v) is 9.09. The van der Waals surface area contributed by atoms with Gasteiger partial charge in [-0.1, -0.05) is 30.3 Å². The van der Waals surface area contributed by atoms with Crippen molar-refractivity contribution in [3.8, 4) is 5.75 Å². The normalized spacial score (nSPS) is 15.0. The van der Waals surface area contributed by atoms with Crippen molar-refractivity contribution in [2.75, 3.05) is 13.7 Å². The van der Waals surface area contributed by atoms with E-state index in [1.165, 1.54) is 22.2 Å². The Morgan fingerprint density at radius 1 is 1.15 bits per heavy atom. The number of fused-ring (bicyclic) bond motifs is 1. The zero-order valence-corrected chi connectivity index (χ0v) is 15.3. The second-order valence-corrected chi connectivity index (χ2v) is 7.25. The molecule has 0 saturated heterocycles. The summed E-state index contributed by atoms with van der Waals surface area (Å²) in [6.07, 6.45) is 2.64. The van der Waals surface area contributed by atoms with Crippen LogP contribution in [0, 0.1) is 6.92 Å². The number of nitrogens with one attached hydrogen (secondary N) is 2. The van der Waals surface area contributed by atoms with Crippen LogP contribution in [-0.2, 0) is 16.6 Å². The molecular formula is C22H24N2O2. The molecule has 0 unspecified atom stereocenters. The fourth-order valence-electron chi connectivity index (χ4n) is 3.89. The lowest BCUT2D eigenvalue weighted by molar-refractivity contribution is -0.120. The van der Waals surface area contributed by atoms with Gasteiger partial charge in [-0.25, -0.2) is 0 Å². The Labute approximate surface area is 153 Å². The number of methoxy groups -OCH3 is 1. The molecule has 0 spiro atoms. The molecule has 1 amide bonds. The molecule has 0 atom stereocenters. The van der Waals surface area contributed by atoms with Crippen molar-refractivity contribution >= 4 is 16.8 Å². The van der Waals surface area contributed by atoms with Crippen LogP contribution in [0.2, 0.25) is 0 Å². The summed E-state index contributed by atoms with van der Waals surface area (Å²) in [6.45, 7) is 2.83. The second kappa shape index (κ2) is 6.52. The zero-order valence-electron chi connectivity index (χ0n) is 15.3. The highest BCUT2D eigenvalue weighted by Crippen LogP contribution is 2.51. The van der Waals surface area contributed by atoms with Crippen molar-refractivity contribution in [2.45, 2.75) is 31.6 Å². The van der Waals surface area contributed by atoms with E-state index in [1.807, 2.05) is 24.3 Å². The number of ether oxygens (including phenoxy) is 1. The molecule has 4 heteroatoms. The number of carbonyl (C=O) groups excluding carboxylic acids is 1.